The molecule has 1 heterocycles. The molecule has 2 atom stereocenters. The van der Waals surface area contributed by atoms with Crippen LogP contribution in [-0.2, 0) is 0 Å². The maximum absolute atomic E-state index is 12.7. The van der Waals surface area contributed by atoms with Crippen LogP contribution in [-0.4, -0.2) is 41.2 Å². The van der Waals surface area contributed by atoms with E-state index in [1.807, 2.05) is 32.9 Å². The molecule has 0 bridgehead atoms. The van der Waals surface area contributed by atoms with E-state index in [1.54, 1.807) is 11.0 Å². The first kappa shape index (κ1) is 14.9. The molecule has 2 rings (SSSR count). The standard InChI is InChI=1S/C16H23NO3/c1-10(2)17(8-9-18)16(19)14-7-5-6-13-11(3)12(4)20-15(13)14/h5-7,10-12,18H,8-9H2,1-4H3. The van der Waals surface area contributed by atoms with Crippen LogP contribution in [0.1, 0.15) is 49.5 Å². The molecule has 2 unspecified atom stereocenters. The molecule has 1 aliphatic rings. The Morgan fingerprint density at radius 2 is 2.10 bits per heavy atom. The first-order valence-corrected chi connectivity index (χ1v) is 7.18. The summed E-state index contributed by atoms with van der Waals surface area (Å²) < 4.78 is 5.87. The van der Waals surface area contributed by atoms with Crippen LogP contribution in [0, 0.1) is 0 Å². The number of ether oxygens (including phenoxy) is 1. The maximum atomic E-state index is 12.7. The SMILES string of the molecule is CC1Oc2c(C(=O)N(CCO)C(C)C)cccc2C1C. The third-order valence-corrected chi connectivity index (χ3v) is 4.00. The van der Waals surface area contributed by atoms with Crippen LogP contribution in [0.2, 0.25) is 0 Å². The quantitative estimate of drug-likeness (QED) is 0.919. The number of rotatable bonds is 4. The Morgan fingerprint density at radius 3 is 2.70 bits per heavy atom. The lowest BCUT2D eigenvalue weighted by atomic mass is 9.96. The highest BCUT2D eigenvalue weighted by molar-refractivity contribution is 5.97. The van der Waals surface area contributed by atoms with Crippen molar-refractivity contribution in [3.05, 3.63) is 29.3 Å². The molecule has 0 radical (unpaired) electrons. The van der Waals surface area contributed by atoms with Crippen LogP contribution in [0.25, 0.3) is 0 Å². The van der Waals surface area contributed by atoms with E-state index in [1.165, 1.54) is 0 Å². The average molecular weight is 277 g/mol. The van der Waals surface area contributed by atoms with Crippen molar-refractivity contribution in [1.29, 1.82) is 0 Å². The van der Waals surface area contributed by atoms with Gasteiger partial charge in [0.05, 0.1) is 12.2 Å². The topological polar surface area (TPSA) is 49.8 Å². The second-order valence-corrected chi connectivity index (χ2v) is 5.65. The highest BCUT2D eigenvalue weighted by Crippen LogP contribution is 2.40. The fourth-order valence-electron chi connectivity index (χ4n) is 2.61. The molecule has 110 valence electrons. The van der Waals surface area contributed by atoms with Gasteiger partial charge in [-0.2, -0.15) is 0 Å². The summed E-state index contributed by atoms with van der Waals surface area (Å²) in [6.45, 7) is 8.33. The molecular weight excluding hydrogens is 254 g/mol. The number of hydrogen-bond acceptors (Lipinski definition) is 3. The summed E-state index contributed by atoms with van der Waals surface area (Å²) in [5.74, 6) is 0.927. The summed E-state index contributed by atoms with van der Waals surface area (Å²) in [5, 5.41) is 9.13. The van der Waals surface area contributed by atoms with E-state index in [4.69, 9.17) is 9.84 Å². The van der Waals surface area contributed by atoms with Crippen molar-refractivity contribution in [3.8, 4) is 5.75 Å². The molecule has 0 saturated heterocycles. The average Bonchev–Trinajstić information content (AvgIpc) is 2.71. The molecule has 1 aliphatic heterocycles. The van der Waals surface area contributed by atoms with Gasteiger partial charge in [-0.05, 0) is 26.8 Å². The first-order valence-electron chi connectivity index (χ1n) is 7.18. The van der Waals surface area contributed by atoms with Gasteiger partial charge in [0, 0.05) is 24.1 Å². The summed E-state index contributed by atoms with van der Waals surface area (Å²) in [7, 11) is 0. The lowest BCUT2D eigenvalue weighted by Crippen LogP contribution is -2.39. The summed E-state index contributed by atoms with van der Waals surface area (Å²) in [6, 6.07) is 5.77. The molecule has 1 amide bonds. The van der Waals surface area contributed by atoms with Crippen molar-refractivity contribution in [2.75, 3.05) is 13.2 Å². The number of para-hydroxylation sites is 1. The van der Waals surface area contributed by atoms with Gasteiger partial charge in [-0.1, -0.05) is 19.1 Å². The summed E-state index contributed by atoms with van der Waals surface area (Å²) >= 11 is 0. The molecule has 1 aromatic rings. The van der Waals surface area contributed by atoms with E-state index < -0.39 is 0 Å². The highest BCUT2D eigenvalue weighted by Gasteiger charge is 2.32. The molecule has 1 aromatic carbocycles. The van der Waals surface area contributed by atoms with Gasteiger partial charge in [0.2, 0.25) is 0 Å². The van der Waals surface area contributed by atoms with E-state index in [-0.39, 0.29) is 24.7 Å². The molecule has 1 N–H and O–H groups in total. The zero-order valence-corrected chi connectivity index (χ0v) is 12.6. The lowest BCUT2D eigenvalue weighted by Gasteiger charge is -2.26. The summed E-state index contributed by atoms with van der Waals surface area (Å²) in [5.41, 5.74) is 1.69. The highest BCUT2D eigenvalue weighted by atomic mass is 16.5. The molecule has 4 nitrogen and oxygen atoms in total. The number of amides is 1. The predicted octanol–water partition coefficient (Wildman–Crippen LogP) is 2.41. The Hall–Kier alpha value is -1.55. The minimum atomic E-state index is -0.0767. The number of fused-ring (bicyclic) bond motifs is 1. The van der Waals surface area contributed by atoms with Crippen molar-refractivity contribution < 1.29 is 14.6 Å². The van der Waals surface area contributed by atoms with Crippen LogP contribution in [0.3, 0.4) is 0 Å². The molecule has 20 heavy (non-hydrogen) atoms. The minimum absolute atomic E-state index is 0.0351. The van der Waals surface area contributed by atoms with Gasteiger partial charge in [0.15, 0.2) is 0 Å². The molecule has 4 heteroatoms. The monoisotopic (exact) mass is 277 g/mol. The van der Waals surface area contributed by atoms with Crippen LogP contribution in [0.15, 0.2) is 18.2 Å². The van der Waals surface area contributed by atoms with Gasteiger partial charge >= 0.3 is 0 Å². The predicted molar refractivity (Wildman–Crippen MR) is 78.2 cm³/mol. The van der Waals surface area contributed by atoms with Gasteiger partial charge in [-0.25, -0.2) is 0 Å². The Balaban J connectivity index is 2.37. The summed E-state index contributed by atoms with van der Waals surface area (Å²) in [6.07, 6.45) is 0.0873. The van der Waals surface area contributed by atoms with Crippen molar-refractivity contribution >= 4 is 5.91 Å². The number of hydrogen-bond donors (Lipinski definition) is 1. The largest absolute Gasteiger partial charge is 0.489 e. The normalized spacial score (nSPS) is 20.7. The lowest BCUT2D eigenvalue weighted by molar-refractivity contribution is 0.0660. The van der Waals surface area contributed by atoms with Crippen LogP contribution < -0.4 is 4.74 Å². The third kappa shape index (κ3) is 2.52. The molecular formula is C16H23NO3. The number of benzene rings is 1. The molecule has 0 aliphatic carbocycles. The van der Waals surface area contributed by atoms with E-state index in [2.05, 4.69) is 6.92 Å². The number of carbonyl (C=O) groups excluding carboxylic acids is 1. The van der Waals surface area contributed by atoms with Gasteiger partial charge in [-0.3, -0.25) is 4.79 Å². The minimum Gasteiger partial charge on any atom is -0.489 e. The zero-order chi connectivity index (χ0) is 14.9. The third-order valence-electron chi connectivity index (χ3n) is 4.00. The molecule has 0 aromatic heterocycles. The maximum Gasteiger partial charge on any atom is 0.257 e. The van der Waals surface area contributed by atoms with E-state index in [0.717, 1.165) is 5.56 Å². The van der Waals surface area contributed by atoms with Crippen molar-refractivity contribution in [3.63, 3.8) is 0 Å². The Kier molecular flexibility index (Phi) is 4.33. The fourth-order valence-corrected chi connectivity index (χ4v) is 2.61. The number of aliphatic hydroxyl groups excluding tert-OH is 1. The first-order chi connectivity index (χ1) is 9.47. The number of aliphatic hydroxyl groups is 1. The van der Waals surface area contributed by atoms with Crippen LogP contribution in [0.4, 0.5) is 0 Å². The molecule has 0 spiro atoms. The molecule has 0 saturated carbocycles. The van der Waals surface area contributed by atoms with Gasteiger partial charge in [0.25, 0.3) is 5.91 Å². The fraction of sp³-hybridized carbons (Fsp3) is 0.562. The van der Waals surface area contributed by atoms with Crippen molar-refractivity contribution in [2.45, 2.75) is 45.8 Å². The number of carbonyl (C=O) groups is 1. The van der Waals surface area contributed by atoms with E-state index >= 15 is 0 Å². The molecule has 0 fully saturated rings. The van der Waals surface area contributed by atoms with Crippen LogP contribution in [0.5, 0.6) is 5.75 Å². The Labute approximate surface area is 120 Å². The van der Waals surface area contributed by atoms with E-state index in [9.17, 15) is 4.79 Å². The number of nitrogens with zero attached hydrogens (tertiary/aromatic N) is 1. The Bertz CT molecular complexity index is 498. The van der Waals surface area contributed by atoms with Crippen molar-refractivity contribution in [1.82, 2.24) is 4.90 Å². The van der Waals surface area contributed by atoms with Gasteiger partial charge in [0.1, 0.15) is 11.9 Å². The van der Waals surface area contributed by atoms with Crippen molar-refractivity contribution in [2.24, 2.45) is 0 Å². The van der Waals surface area contributed by atoms with Gasteiger partial charge < -0.3 is 14.7 Å². The smallest absolute Gasteiger partial charge is 0.257 e. The van der Waals surface area contributed by atoms with Crippen LogP contribution >= 0.6 is 0 Å². The van der Waals surface area contributed by atoms with Gasteiger partial charge in [-0.15, -0.1) is 0 Å². The second-order valence-electron chi connectivity index (χ2n) is 5.65. The second kappa shape index (κ2) is 5.83. The Morgan fingerprint density at radius 1 is 1.40 bits per heavy atom. The zero-order valence-electron chi connectivity index (χ0n) is 12.6. The van der Waals surface area contributed by atoms with E-state index in [0.29, 0.717) is 23.8 Å². The summed E-state index contributed by atoms with van der Waals surface area (Å²) in [4.78, 5) is 14.4.